The molecule has 2 aliphatic rings. The lowest BCUT2D eigenvalue weighted by Crippen LogP contribution is -2.26. The number of hydrogen-bond donors (Lipinski definition) is 0. The number of nitrogens with zero attached hydrogens (tertiary/aromatic N) is 3. The van der Waals surface area contributed by atoms with Crippen LogP contribution in [0.15, 0.2) is 26.9 Å². The highest BCUT2D eigenvalue weighted by Crippen LogP contribution is 2.29. The third-order valence-electron chi connectivity index (χ3n) is 5.08. The van der Waals surface area contributed by atoms with E-state index in [0.717, 1.165) is 69.6 Å². The van der Waals surface area contributed by atoms with Gasteiger partial charge in [-0.3, -0.25) is 0 Å². The van der Waals surface area contributed by atoms with Crippen LogP contribution in [0.2, 0.25) is 0 Å². The van der Waals surface area contributed by atoms with Gasteiger partial charge in [0.25, 0.3) is 5.88 Å². The SMILES string of the molecule is Cc1cc(OCCCCCN2CCC3=C(CC2)N=C(OCC(F)(F)F)CC3)no1. The number of aromatic nitrogens is 1. The largest absolute Gasteiger partial charge is 0.476 e. The quantitative estimate of drug-likeness (QED) is 0.579. The third-order valence-corrected chi connectivity index (χ3v) is 5.08. The number of rotatable bonds is 8. The molecule has 0 aromatic carbocycles. The second-order valence-electron chi connectivity index (χ2n) is 7.49. The van der Waals surface area contributed by atoms with Gasteiger partial charge in [0.05, 0.1) is 6.61 Å². The summed E-state index contributed by atoms with van der Waals surface area (Å²) in [6.45, 7) is 4.05. The molecule has 0 radical (unpaired) electrons. The Kier molecular flexibility index (Phi) is 7.57. The average Bonchev–Trinajstić information content (AvgIpc) is 2.98. The van der Waals surface area contributed by atoms with Crippen molar-refractivity contribution >= 4 is 5.90 Å². The fraction of sp³-hybridized carbons (Fsp3) is 0.700. The Morgan fingerprint density at radius 1 is 1.07 bits per heavy atom. The van der Waals surface area contributed by atoms with Crippen molar-refractivity contribution in [3.8, 4) is 5.88 Å². The Hall–Kier alpha value is -2.03. The average molecular weight is 415 g/mol. The first-order chi connectivity index (χ1) is 13.9. The molecule has 1 aromatic heterocycles. The van der Waals surface area contributed by atoms with E-state index in [0.29, 0.717) is 18.9 Å². The van der Waals surface area contributed by atoms with Crippen LogP contribution in [0.1, 0.15) is 50.7 Å². The van der Waals surface area contributed by atoms with E-state index in [1.807, 2.05) is 6.92 Å². The van der Waals surface area contributed by atoms with Crippen molar-refractivity contribution in [3.05, 3.63) is 23.1 Å². The number of hydrogen-bond acceptors (Lipinski definition) is 6. The number of aryl methyl sites for hydroxylation is 1. The standard InChI is InChI=1S/C20H28F3N3O3/c1-15-13-19(25-29-15)27-12-4-2-3-9-26-10-7-16-5-6-18(24-17(16)8-11-26)28-14-20(21,22)23/h13H,2-12,14H2,1H3. The predicted molar refractivity (Wildman–Crippen MR) is 102 cm³/mol. The molecule has 0 unspecified atom stereocenters. The van der Waals surface area contributed by atoms with Crippen molar-refractivity contribution in [2.75, 3.05) is 32.8 Å². The molecular formula is C20H28F3N3O3. The lowest BCUT2D eigenvalue weighted by atomic mass is 10.0. The zero-order valence-corrected chi connectivity index (χ0v) is 16.8. The Balaban J connectivity index is 1.33. The molecule has 0 fully saturated rings. The van der Waals surface area contributed by atoms with Gasteiger partial charge in [-0.05, 0) is 56.3 Å². The van der Waals surface area contributed by atoms with Crippen molar-refractivity contribution in [2.45, 2.75) is 58.0 Å². The lowest BCUT2D eigenvalue weighted by molar-refractivity contribution is -0.156. The fourth-order valence-electron chi connectivity index (χ4n) is 3.55. The molecule has 0 spiro atoms. The van der Waals surface area contributed by atoms with Crippen molar-refractivity contribution in [1.29, 1.82) is 0 Å². The fourth-order valence-corrected chi connectivity index (χ4v) is 3.55. The summed E-state index contributed by atoms with van der Waals surface area (Å²) in [6, 6.07) is 1.77. The second kappa shape index (κ2) is 10.1. The summed E-state index contributed by atoms with van der Waals surface area (Å²) in [5, 5.41) is 3.80. The number of halogens is 3. The minimum Gasteiger partial charge on any atom is -0.476 e. The van der Waals surface area contributed by atoms with Crippen molar-refractivity contribution in [3.63, 3.8) is 0 Å². The number of unbranched alkanes of at least 4 members (excludes halogenated alkanes) is 2. The van der Waals surface area contributed by atoms with Crippen LogP contribution in [0, 0.1) is 6.92 Å². The van der Waals surface area contributed by atoms with Gasteiger partial charge in [0.1, 0.15) is 5.76 Å². The van der Waals surface area contributed by atoms with Gasteiger partial charge in [0.15, 0.2) is 12.5 Å². The molecule has 2 aliphatic heterocycles. The van der Waals surface area contributed by atoms with Crippen molar-refractivity contribution in [2.24, 2.45) is 4.99 Å². The second-order valence-corrected chi connectivity index (χ2v) is 7.49. The van der Waals surface area contributed by atoms with E-state index in [9.17, 15) is 13.2 Å². The maximum atomic E-state index is 12.3. The summed E-state index contributed by atoms with van der Waals surface area (Å²) < 4.78 is 52.3. The summed E-state index contributed by atoms with van der Waals surface area (Å²) in [4.78, 5) is 6.78. The zero-order valence-electron chi connectivity index (χ0n) is 16.8. The van der Waals surface area contributed by atoms with E-state index >= 15 is 0 Å². The van der Waals surface area contributed by atoms with E-state index in [1.165, 1.54) is 5.57 Å². The topological polar surface area (TPSA) is 60.1 Å². The van der Waals surface area contributed by atoms with E-state index in [2.05, 4.69) is 15.0 Å². The summed E-state index contributed by atoms with van der Waals surface area (Å²) in [6.07, 6.45) is 1.68. The summed E-state index contributed by atoms with van der Waals surface area (Å²) in [7, 11) is 0. The molecule has 0 atom stereocenters. The minimum atomic E-state index is -4.32. The van der Waals surface area contributed by atoms with Gasteiger partial charge in [-0.2, -0.15) is 13.2 Å². The molecule has 3 rings (SSSR count). The summed E-state index contributed by atoms with van der Waals surface area (Å²) >= 11 is 0. The number of ether oxygens (including phenoxy) is 2. The molecule has 29 heavy (non-hydrogen) atoms. The molecule has 0 bridgehead atoms. The predicted octanol–water partition coefficient (Wildman–Crippen LogP) is 4.65. The van der Waals surface area contributed by atoms with E-state index < -0.39 is 12.8 Å². The monoisotopic (exact) mass is 415 g/mol. The summed E-state index contributed by atoms with van der Waals surface area (Å²) in [5.41, 5.74) is 2.19. The van der Waals surface area contributed by atoms with E-state index in [-0.39, 0.29) is 5.90 Å². The molecule has 1 aromatic rings. The smallest absolute Gasteiger partial charge is 0.422 e. The van der Waals surface area contributed by atoms with Gasteiger partial charge in [-0.15, -0.1) is 0 Å². The van der Waals surface area contributed by atoms with Crippen LogP contribution in [0.5, 0.6) is 5.88 Å². The van der Waals surface area contributed by atoms with Gasteiger partial charge in [-0.25, -0.2) is 4.99 Å². The Morgan fingerprint density at radius 3 is 2.66 bits per heavy atom. The van der Waals surface area contributed by atoms with Gasteiger partial charge in [0.2, 0.25) is 0 Å². The van der Waals surface area contributed by atoms with Crippen LogP contribution in [0.25, 0.3) is 0 Å². The highest BCUT2D eigenvalue weighted by Gasteiger charge is 2.30. The molecule has 9 heteroatoms. The van der Waals surface area contributed by atoms with Crippen LogP contribution in [-0.2, 0) is 4.74 Å². The number of aliphatic imine (C=N–C) groups is 1. The molecular weight excluding hydrogens is 387 g/mol. The molecule has 0 saturated heterocycles. The van der Waals surface area contributed by atoms with Gasteiger partial charge >= 0.3 is 6.18 Å². The first kappa shape index (κ1) is 21.7. The van der Waals surface area contributed by atoms with Crippen molar-refractivity contribution < 1.29 is 27.2 Å². The molecule has 0 N–H and O–H groups in total. The first-order valence-electron chi connectivity index (χ1n) is 10.2. The molecule has 162 valence electrons. The Bertz CT molecular complexity index is 728. The zero-order chi connectivity index (χ0) is 20.7. The molecule has 6 nitrogen and oxygen atoms in total. The van der Waals surface area contributed by atoms with Gasteiger partial charge in [0, 0.05) is 37.7 Å². The molecule has 0 aliphatic carbocycles. The normalized spacial score (nSPS) is 18.3. The van der Waals surface area contributed by atoms with Gasteiger partial charge in [-0.1, -0.05) is 0 Å². The third kappa shape index (κ3) is 7.38. The van der Waals surface area contributed by atoms with Crippen molar-refractivity contribution in [1.82, 2.24) is 10.1 Å². The lowest BCUT2D eigenvalue weighted by Gasteiger charge is -2.19. The van der Waals surface area contributed by atoms with Crippen LogP contribution >= 0.6 is 0 Å². The van der Waals surface area contributed by atoms with E-state index in [1.54, 1.807) is 6.07 Å². The van der Waals surface area contributed by atoms with Crippen LogP contribution in [-0.4, -0.2) is 55.0 Å². The highest BCUT2D eigenvalue weighted by molar-refractivity contribution is 5.78. The molecule has 0 saturated carbocycles. The molecule has 0 amide bonds. The Labute approximate surface area is 168 Å². The maximum absolute atomic E-state index is 12.3. The van der Waals surface area contributed by atoms with E-state index in [4.69, 9.17) is 14.0 Å². The van der Waals surface area contributed by atoms with Crippen LogP contribution < -0.4 is 4.74 Å². The maximum Gasteiger partial charge on any atom is 0.422 e. The first-order valence-corrected chi connectivity index (χ1v) is 10.2. The molecule has 3 heterocycles. The Morgan fingerprint density at radius 2 is 1.90 bits per heavy atom. The summed E-state index contributed by atoms with van der Waals surface area (Å²) in [5.74, 6) is 1.49. The highest BCUT2D eigenvalue weighted by atomic mass is 19.4. The number of alkyl halides is 3. The van der Waals surface area contributed by atoms with Crippen LogP contribution in [0.4, 0.5) is 13.2 Å². The van der Waals surface area contributed by atoms with Gasteiger partial charge < -0.3 is 18.9 Å². The minimum absolute atomic E-state index is 0.219. The van der Waals surface area contributed by atoms with Crippen LogP contribution in [0.3, 0.4) is 0 Å².